The molecule has 4 aromatic rings. The molecule has 10 heteroatoms. The van der Waals surface area contributed by atoms with Crippen LogP contribution in [0.15, 0.2) is 65.3 Å². The summed E-state index contributed by atoms with van der Waals surface area (Å²) in [6.07, 6.45) is 1.66. The smallest absolute Gasteiger partial charge is 0.173 e. The number of piperazine rings is 1. The van der Waals surface area contributed by atoms with Crippen molar-refractivity contribution in [2.45, 2.75) is 12.6 Å². The largest absolute Gasteiger partial charge is 0.495 e. The van der Waals surface area contributed by atoms with Gasteiger partial charge in [-0.05, 0) is 52.4 Å². The van der Waals surface area contributed by atoms with Gasteiger partial charge in [0.1, 0.15) is 18.1 Å². The van der Waals surface area contributed by atoms with Crippen molar-refractivity contribution >= 4 is 5.69 Å². The molecule has 3 heterocycles. The summed E-state index contributed by atoms with van der Waals surface area (Å²) in [7, 11) is 4.99. The second kappa shape index (κ2) is 10.7. The van der Waals surface area contributed by atoms with E-state index >= 15 is 0 Å². The quantitative estimate of drug-likeness (QED) is 0.351. The number of aromatic nitrogens is 4. The van der Waals surface area contributed by atoms with Crippen LogP contribution in [-0.2, 0) is 6.54 Å². The van der Waals surface area contributed by atoms with Gasteiger partial charge >= 0.3 is 0 Å². The van der Waals surface area contributed by atoms with Crippen molar-refractivity contribution in [3.05, 3.63) is 78.0 Å². The maximum atomic E-state index is 5.61. The zero-order valence-corrected chi connectivity index (χ0v) is 20.7. The Kier molecular flexibility index (Phi) is 7.03. The van der Waals surface area contributed by atoms with Gasteiger partial charge in [0.05, 0.1) is 39.3 Å². The molecule has 0 aliphatic carbocycles. The highest BCUT2D eigenvalue weighted by molar-refractivity contribution is 5.58. The minimum absolute atomic E-state index is 0.186. The zero-order valence-electron chi connectivity index (χ0n) is 20.7. The van der Waals surface area contributed by atoms with Crippen LogP contribution in [0.3, 0.4) is 0 Å². The number of furan rings is 1. The monoisotopic (exact) mass is 490 g/mol. The first-order chi connectivity index (χ1) is 17.7. The summed E-state index contributed by atoms with van der Waals surface area (Å²) in [6.45, 7) is 3.74. The van der Waals surface area contributed by atoms with Gasteiger partial charge < -0.3 is 23.5 Å². The molecule has 1 aliphatic rings. The van der Waals surface area contributed by atoms with Crippen LogP contribution in [0.25, 0.3) is 0 Å². The van der Waals surface area contributed by atoms with Gasteiger partial charge in [-0.1, -0.05) is 18.2 Å². The molecule has 1 atom stereocenters. The Balaban J connectivity index is 1.47. The van der Waals surface area contributed by atoms with Crippen molar-refractivity contribution in [1.29, 1.82) is 0 Å². The lowest BCUT2D eigenvalue weighted by Gasteiger charge is -2.40. The van der Waals surface area contributed by atoms with Crippen LogP contribution < -0.4 is 19.1 Å². The molecule has 36 heavy (non-hydrogen) atoms. The molecule has 10 nitrogen and oxygen atoms in total. The fourth-order valence-electron chi connectivity index (χ4n) is 4.73. The van der Waals surface area contributed by atoms with Crippen molar-refractivity contribution in [3.63, 3.8) is 0 Å². The van der Waals surface area contributed by atoms with Gasteiger partial charge in [-0.3, -0.25) is 4.90 Å². The van der Waals surface area contributed by atoms with Gasteiger partial charge in [-0.2, -0.15) is 0 Å². The highest BCUT2D eigenvalue weighted by Gasteiger charge is 2.32. The Morgan fingerprint density at radius 3 is 2.36 bits per heavy atom. The number of ether oxygens (including phenoxy) is 3. The minimum atomic E-state index is -0.186. The number of rotatable bonds is 9. The highest BCUT2D eigenvalue weighted by atomic mass is 16.5. The zero-order chi connectivity index (χ0) is 24.9. The van der Waals surface area contributed by atoms with E-state index in [0.29, 0.717) is 18.0 Å². The normalized spacial score (nSPS) is 15.0. The Labute approximate surface area is 210 Å². The van der Waals surface area contributed by atoms with E-state index in [2.05, 4.69) is 31.4 Å². The lowest BCUT2D eigenvalue weighted by Crippen LogP contribution is -2.48. The first-order valence-electron chi connectivity index (χ1n) is 11.8. The van der Waals surface area contributed by atoms with Gasteiger partial charge in [0.25, 0.3) is 0 Å². The first-order valence-corrected chi connectivity index (χ1v) is 11.8. The van der Waals surface area contributed by atoms with Crippen molar-refractivity contribution in [1.82, 2.24) is 25.1 Å². The van der Waals surface area contributed by atoms with Crippen LogP contribution in [0.5, 0.6) is 17.2 Å². The second-order valence-corrected chi connectivity index (χ2v) is 8.49. The first kappa shape index (κ1) is 23.7. The molecule has 0 amide bonds. The lowest BCUT2D eigenvalue weighted by atomic mass is 10.0. The van der Waals surface area contributed by atoms with Gasteiger partial charge in [-0.15, -0.1) is 5.10 Å². The molecular weight excluding hydrogens is 460 g/mol. The number of nitrogens with zero attached hydrogens (tertiary/aromatic N) is 6. The molecule has 5 rings (SSSR count). The number of benzene rings is 2. The third-order valence-corrected chi connectivity index (χ3v) is 6.52. The number of methoxy groups -OCH3 is 3. The fourth-order valence-corrected chi connectivity index (χ4v) is 4.73. The van der Waals surface area contributed by atoms with Gasteiger partial charge in [0.15, 0.2) is 17.3 Å². The van der Waals surface area contributed by atoms with Gasteiger partial charge in [0, 0.05) is 26.2 Å². The molecule has 188 valence electrons. The molecular formula is C26H30N6O4. The van der Waals surface area contributed by atoms with Crippen molar-refractivity contribution in [3.8, 4) is 17.2 Å². The predicted molar refractivity (Wildman–Crippen MR) is 134 cm³/mol. The summed E-state index contributed by atoms with van der Waals surface area (Å²) in [5.41, 5.74) is 2.12. The van der Waals surface area contributed by atoms with E-state index in [9.17, 15) is 0 Å². The Morgan fingerprint density at radius 1 is 0.861 bits per heavy atom. The molecule has 1 aliphatic heterocycles. The summed E-state index contributed by atoms with van der Waals surface area (Å²) < 4.78 is 24.0. The summed E-state index contributed by atoms with van der Waals surface area (Å²) in [5, 5.41) is 12.8. The van der Waals surface area contributed by atoms with E-state index in [1.54, 1.807) is 32.3 Å². The summed E-state index contributed by atoms with van der Waals surface area (Å²) >= 11 is 0. The topological polar surface area (TPSA) is 90.9 Å². The van der Waals surface area contributed by atoms with Gasteiger partial charge in [-0.25, -0.2) is 4.68 Å². The maximum Gasteiger partial charge on any atom is 0.173 e. The minimum Gasteiger partial charge on any atom is -0.495 e. The summed E-state index contributed by atoms with van der Waals surface area (Å²) in [5.74, 6) is 3.75. The molecule has 0 spiro atoms. The van der Waals surface area contributed by atoms with Crippen LogP contribution in [0, 0.1) is 0 Å². The van der Waals surface area contributed by atoms with E-state index in [1.165, 1.54) is 0 Å². The van der Waals surface area contributed by atoms with Crippen molar-refractivity contribution in [2.24, 2.45) is 0 Å². The highest BCUT2D eigenvalue weighted by Crippen LogP contribution is 2.36. The van der Waals surface area contributed by atoms with E-state index in [0.717, 1.165) is 54.8 Å². The third kappa shape index (κ3) is 4.72. The average Bonchev–Trinajstić information content (AvgIpc) is 3.62. The SMILES string of the molecule is COc1ccc(C(c2nnnn2Cc2ccco2)N2CCN(c3ccccc3OC)CC2)cc1OC. The van der Waals surface area contributed by atoms with Crippen LogP contribution >= 0.6 is 0 Å². The fraction of sp³-hybridized carbons (Fsp3) is 0.346. The van der Waals surface area contributed by atoms with E-state index < -0.39 is 0 Å². The van der Waals surface area contributed by atoms with Crippen LogP contribution in [-0.4, -0.2) is 72.6 Å². The lowest BCUT2D eigenvalue weighted by molar-refractivity contribution is 0.200. The summed E-state index contributed by atoms with van der Waals surface area (Å²) in [6, 6.07) is 17.7. The van der Waals surface area contributed by atoms with E-state index in [-0.39, 0.29) is 6.04 Å². The third-order valence-electron chi connectivity index (χ3n) is 6.52. The number of anilines is 1. The number of hydrogen-bond acceptors (Lipinski definition) is 9. The molecule has 1 saturated heterocycles. The predicted octanol–water partition coefficient (Wildman–Crippen LogP) is 3.25. The van der Waals surface area contributed by atoms with Crippen molar-refractivity contribution < 1.29 is 18.6 Å². The molecule has 2 aromatic heterocycles. The maximum absolute atomic E-state index is 5.61. The molecule has 1 unspecified atom stereocenters. The molecule has 2 aromatic carbocycles. The number of hydrogen-bond donors (Lipinski definition) is 0. The Bertz CT molecular complexity index is 1270. The van der Waals surface area contributed by atoms with Crippen LogP contribution in [0.1, 0.15) is 23.2 Å². The molecule has 0 bridgehead atoms. The second-order valence-electron chi connectivity index (χ2n) is 8.49. The average molecular weight is 491 g/mol. The van der Waals surface area contributed by atoms with E-state index in [1.807, 2.05) is 48.5 Å². The molecule has 0 N–H and O–H groups in total. The molecule has 1 fully saturated rings. The standard InChI is InChI=1S/C26H30N6O4/c1-33-22-9-5-4-8-21(22)30-12-14-31(15-13-30)25(19-10-11-23(34-2)24(17-19)35-3)26-27-28-29-32(26)18-20-7-6-16-36-20/h4-11,16-17,25H,12-15,18H2,1-3H3. The van der Waals surface area contributed by atoms with E-state index in [4.69, 9.17) is 18.6 Å². The van der Waals surface area contributed by atoms with Crippen LogP contribution in [0.2, 0.25) is 0 Å². The number of tetrazole rings is 1. The number of para-hydroxylation sites is 2. The Morgan fingerprint density at radius 2 is 1.64 bits per heavy atom. The Hall–Kier alpha value is -4.05. The molecule has 0 saturated carbocycles. The summed E-state index contributed by atoms with van der Waals surface area (Å²) in [4.78, 5) is 4.75. The molecule has 0 radical (unpaired) electrons. The van der Waals surface area contributed by atoms with Crippen LogP contribution in [0.4, 0.5) is 5.69 Å². The van der Waals surface area contributed by atoms with Gasteiger partial charge in [0.2, 0.25) is 0 Å². The van der Waals surface area contributed by atoms with Crippen molar-refractivity contribution in [2.75, 3.05) is 52.4 Å².